The highest BCUT2D eigenvalue weighted by Gasteiger charge is 2.10. The topological polar surface area (TPSA) is 6.48 Å². The molecule has 0 aromatic carbocycles. The third-order valence-electron chi connectivity index (χ3n) is 1.94. The maximum atomic E-state index is 2.35. The minimum atomic E-state index is 0.667. The number of nitrogens with zero attached hydrogens (tertiary/aromatic N) is 2. The molecule has 0 fully saturated rings. The van der Waals surface area contributed by atoms with Gasteiger partial charge in [0.25, 0.3) is 0 Å². The average molecular weight is 144 g/mol. The van der Waals surface area contributed by atoms with E-state index in [1.165, 1.54) is 6.42 Å². The Labute approximate surface area is 64.8 Å². The molecule has 1 atom stereocenters. The Hall–Kier alpha value is -0.0800. The molecule has 62 valence electrons. The van der Waals surface area contributed by atoms with Crippen LogP contribution in [-0.2, 0) is 0 Å². The van der Waals surface area contributed by atoms with E-state index in [4.69, 9.17) is 0 Å². The number of hydrogen-bond donors (Lipinski definition) is 0. The van der Waals surface area contributed by atoms with Gasteiger partial charge in [0.1, 0.15) is 0 Å². The predicted octanol–water partition coefficient (Wildman–Crippen LogP) is 1.58. The molecule has 0 rings (SSSR count). The summed E-state index contributed by atoms with van der Waals surface area (Å²) in [5.74, 6) is 0. The Morgan fingerprint density at radius 3 is 1.80 bits per heavy atom. The van der Waals surface area contributed by atoms with Gasteiger partial charge in [0.05, 0.1) is 0 Å². The van der Waals surface area contributed by atoms with Gasteiger partial charge in [-0.3, -0.25) is 0 Å². The van der Waals surface area contributed by atoms with Crippen LogP contribution in [0.4, 0.5) is 0 Å². The van der Waals surface area contributed by atoms with Gasteiger partial charge in [-0.05, 0) is 13.3 Å². The first-order valence-electron chi connectivity index (χ1n) is 4.07. The molecule has 2 nitrogen and oxygen atoms in total. The van der Waals surface area contributed by atoms with Gasteiger partial charge in [0.15, 0.2) is 0 Å². The van der Waals surface area contributed by atoms with Crippen LogP contribution in [0.5, 0.6) is 0 Å². The second kappa shape index (κ2) is 4.69. The van der Waals surface area contributed by atoms with E-state index in [9.17, 15) is 0 Å². The third-order valence-corrected chi connectivity index (χ3v) is 1.94. The second-order valence-corrected chi connectivity index (χ2v) is 2.86. The molecule has 0 heterocycles. The van der Waals surface area contributed by atoms with E-state index in [0.717, 1.165) is 6.54 Å². The molecule has 0 saturated heterocycles. The minimum absolute atomic E-state index is 0.667. The monoisotopic (exact) mass is 144 g/mol. The zero-order valence-corrected chi connectivity index (χ0v) is 7.89. The molecule has 0 radical (unpaired) electrons. The summed E-state index contributed by atoms with van der Waals surface area (Å²) >= 11 is 0. The van der Waals surface area contributed by atoms with Gasteiger partial charge < -0.3 is 0 Å². The molecule has 0 N–H and O–H groups in total. The molecule has 0 spiro atoms. The van der Waals surface area contributed by atoms with Crippen LogP contribution in [-0.4, -0.2) is 36.7 Å². The fourth-order valence-corrected chi connectivity index (χ4v) is 1.20. The van der Waals surface area contributed by atoms with Crippen LogP contribution in [0.1, 0.15) is 27.2 Å². The van der Waals surface area contributed by atoms with Crippen LogP contribution in [0.15, 0.2) is 0 Å². The second-order valence-electron chi connectivity index (χ2n) is 2.86. The fourth-order valence-electron chi connectivity index (χ4n) is 1.20. The molecule has 2 heteroatoms. The van der Waals surface area contributed by atoms with Crippen molar-refractivity contribution < 1.29 is 0 Å². The van der Waals surface area contributed by atoms with E-state index >= 15 is 0 Å². The molecule has 1 unspecified atom stereocenters. The molecular weight excluding hydrogens is 124 g/mol. The average Bonchev–Trinajstić information content (AvgIpc) is 1.88. The summed E-state index contributed by atoms with van der Waals surface area (Å²) in [5, 5.41) is 4.51. The van der Waals surface area contributed by atoms with Crippen molar-refractivity contribution in [1.29, 1.82) is 0 Å². The van der Waals surface area contributed by atoms with Crippen molar-refractivity contribution in [3.8, 4) is 0 Å². The smallest absolute Gasteiger partial charge is 0.0214 e. The van der Waals surface area contributed by atoms with Crippen LogP contribution in [0.3, 0.4) is 0 Å². The van der Waals surface area contributed by atoms with E-state index in [1.807, 2.05) is 0 Å². The lowest BCUT2D eigenvalue weighted by Crippen LogP contribution is -2.42. The first-order chi connectivity index (χ1) is 4.63. The van der Waals surface area contributed by atoms with Crippen molar-refractivity contribution in [1.82, 2.24) is 10.0 Å². The van der Waals surface area contributed by atoms with Gasteiger partial charge in [-0.1, -0.05) is 13.8 Å². The summed E-state index contributed by atoms with van der Waals surface area (Å²) < 4.78 is 0. The molecule has 0 saturated carbocycles. The van der Waals surface area contributed by atoms with Crippen LogP contribution in [0.2, 0.25) is 0 Å². The molecule has 0 aromatic rings. The zero-order chi connectivity index (χ0) is 8.15. The molecule has 0 aromatic heterocycles. The van der Waals surface area contributed by atoms with Crippen LogP contribution < -0.4 is 0 Å². The van der Waals surface area contributed by atoms with Crippen molar-refractivity contribution in [3.05, 3.63) is 0 Å². The van der Waals surface area contributed by atoms with Gasteiger partial charge in [-0.25, -0.2) is 10.0 Å². The Morgan fingerprint density at radius 1 is 1.20 bits per heavy atom. The SMILES string of the molecule is CCC(C)N(CC)N(C)C. The van der Waals surface area contributed by atoms with Gasteiger partial charge >= 0.3 is 0 Å². The third kappa shape index (κ3) is 2.67. The van der Waals surface area contributed by atoms with E-state index in [2.05, 4.69) is 44.9 Å². The summed E-state index contributed by atoms with van der Waals surface area (Å²) in [6.45, 7) is 7.76. The first-order valence-corrected chi connectivity index (χ1v) is 4.07. The molecule has 0 amide bonds. The number of hydrogen-bond acceptors (Lipinski definition) is 2. The van der Waals surface area contributed by atoms with E-state index in [1.54, 1.807) is 0 Å². The van der Waals surface area contributed by atoms with Crippen molar-refractivity contribution in [2.24, 2.45) is 0 Å². The van der Waals surface area contributed by atoms with Gasteiger partial charge in [-0.2, -0.15) is 0 Å². The lowest BCUT2D eigenvalue weighted by Gasteiger charge is -2.32. The van der Waals surface area contributed by atoms with Crippen molar-refractivity contribution in [3.63, 3.8) is 0 Å². The van der Waals surface area contributed by atoms with Gasteiger partial charge in [0.2, 0.25) is 0 Å². The largest absolute Gasteiger partial charge is 0.248 e. The standard InChI is InChI=1S/C8H20N2/c1-6-8(3)10(7-2)9(4)5/h8H,6-7H2,1-5H3. The molecule has 0 aliphatic heterocycles. The van der Waals surface area contributed by atoms with Crippen LogP contribution in [0.25, 0.3) is 0 Å². The Balaban J connectivity index is 3.80. The van der Waals surface area contributed by atoms with Gasteiger partial charge in [-0.15, -0.1) is 0 Å². The summed E-state index contributed by atoms with van der Waals surface area (Å²) in [7, 11) is 4.19. The molecule has 0 aliphatic carbocycles. The summed E-state index contributed by atoms with van der Waals surface area (Å²) in [5.41, 5.74) is 0. The lowest BCUT2D eigenvalue weighted by molar-refractivity contribution is -0.00780. The van der Waals surface area contributed by atoms with Gasteiger partial charge in [0, 0.05) is 26.7 Å². The minimum Gasteiger partial charge on any atom is -0.248 e. The first kappa shape index (κ1) is 9.92. The van der Waals surface area contributed by atoms with E-state index < -0.39 is 0 Å². The molecule has 10 heavy (non-hydrogen) atoms. The highest BCUT2D eigenvalue weighted by molar-refractivity contribution is 4.58. The maximum Gasteiger partial charge on any atom is 0.0214 e. The molecular formula is C8H20N2. The lowest BCUT2D eigenvalue weighted by atomic mass is 10.2. The molecule has 0 aliphatic rings. The highest BCUT2D eigenvalue weighted by Crippen LogP contribution is 2.03. The Morgan fingerprint density at radius 2 is 1.70 bits per heavy atom. The normalized spacial score (nSPS) is 14.7. The number of hydrazine groups is 1. The van der Waals surface area contributed by atoms with E-state index in [-0.39, 0.29) is 0 Å². The quantitative estimate of drug-likeness (QED) is 0.553. The van der Waals surface area contributed by atoms with Crippen LogP contribution in [0, 0.1) is 0 Å². The van der Waals surface area contributed by atoms with E-state index in [0.29, 0.717) is 6.04 Å². The zero-order valence-electron chi connectivity index (χ0n) is 7.89. The summed E-state index contributed by atoms with van der Waals surface area (Å²) in [6.07, 6.45) is 1.21. The van der Waals surface area contributed by atoms with Crippen LogP contribution >= 0.6 is 0 Å². The predicted molar refractivity (Wildman–Crippen MR) is 45.8 cm³/mol. The highest BCUT2D eigenvalue weighted by atomic mass is 15.6. The summed E-state index contributed by atoms with van der Waals surface area (Å²) in [4.78, 5) is 0. The fraction of sp³-hybridized carbons (Fsp3) is 1.00. The molecule has 0 bridgehead atoms. The summed E-state index contributed by atoms with van der Waals surface area (Å²) in [6, 6.07) is 0.667. The Bertz CT molecular complexity index is 81.3. The number of rotatable bonds is 4. The van der Waals surface area contributed by atoms with Crippen molar-refractivity contribution in [2.75, 3.05) is 20.6 Å². The van der Waals surface area contributed by atoms with Crippen molar-refractivity contribution in [2.45, 2.75) is 33.2 Å². The van der Waals surface area contributed by atoms with Crippen molar-refractivity contribution >= 4 is 0 Å². The Kier molecular flexibility index (Phi) is 4.65. The maximum absolute atomic E-state index is 2.35.